The molecule has 1 aliphatic rings. The first-order chi connectivity index (χ1) is 7.58. The molecule has 2 rings (SSSR count). The summed E-state index contributed by atoms with van der Waals surface area (Å²) in [4.78, 5) is 22.1. The number of hydrogen-bond acceptors (Lipinski definition) is 2. The summed E-state index contributed by atoms with van der Waals surface area (Å²) in [5, 5.41) is 0. The summed E-state index contributed by atoms with van der Waals surface area (Å²) in [6, 6.07) is 5.41. The van der Waals surface area contributed by atoms with Crippen LogP contribution in [0.5, 0.6) is 0 Å². The Morgan fingerprint density at radius 3 is 2.56 bits per heavy atom. The number of benzene rings is 1. The summed E-state index contributed by atoms with van der Waals surface area (Å²) in [6.45, 7) is 0. The van der Waals surface area contributed by atoms with Crippen LogP contribution in [-0.4, -0.2) is 11.8 Å². The van der Waals surface area contributed by atoms with Gasteiger partial charge in [0, 0.05) is 11.5 Å². The molecular weight excluding hydrogens is 204 g/mol. The van der Waals surface area contributed by atoms with Crippen LogP contribution in [0.1, 0.15) is 27.9 Å². The van der Waals surface area contributed by atoms with Gasteiger partial charge in [-0.3, -0.25) is 9.59 Å². The van der Waals surface area contributed by atoms with E-state index in [-0.39, 0.29) is 11.8 Å². The molecule has 0 radical (unpaired) electrons. The van der Waals surface area contributed by atoms with Gasteiger partial charge in [0.25, 0.3) is 0 Å². The number of rotatable bonds is 2. The van der Waals surface area contributed by atoms with E-state index in [1.54, 1.807) is 12.1 Å². The number of carbonyl (C=O) groups excluding carboxylic acids is 2. The molecule has 0 bridgehead atoms. The fourth-order valence-corrected chi connectivity index (χ4v) is 2.15. The van der Waals surface area contributed by atoms with E-state index < -0.39 is 5.91 Å². The third kappa shape index (κ3) is 1.91. The molecule has 1 aromatic carbocycles. The molecule has 0 heterocycles. The van der Waals surface area contributed by atoms with Crippen molar-refractivity contribution in [2.45, 2.75) is 19.3 Å². The number of fused-ring (bicyclic) bond motifs is 1. The minimum absolute atomic E-state index is 0.115. The molecule has 0 aliphatic heterocycles. The van der Waals surface area contributed by atoms with Crippen LogP contribution in [0.4, 0.5) is 0 Å². The number of nitrogens with two attached hydrogens (primary N) is 2. The first kappa shape index (κ1) is 10.7. The summed E-state index contributed by atoms with van der Waals surface area (Å²) in [5.41, 5.74) is 13.2. The molecule has 0 spiro atoms. The van der Waals surface area contributed by atoms with Crippen molar-refractivity contribution in [3.8, 4) is 0 Å². The lowest BCUT2D eigenvalue weighted by molar-refractivity contribution is -0.122. The van der Waals surface area contributed by atoms with E-state index in [2.05, 4.69) is 0 Å². The zero-order chi connectivity index (χ0) is 11.7. The highest BCUT2D eigenvalue weighted by molar-refractivity contribution is 5.93. The summed E-state index contributed by atoms with van der Waals surface area (Å²) in [7, 11) is 0. The van der Waals surface area contributed by atoms with Crippen molar-refractivity contribution < 1.29 is 9.59 Å². The van der Waals surface area contributed by atoms with E-state index in [0.717, 1.165) is 18.4 Å². The average molecular weight is 218 g/mol. The van der Waals surface area contributed by atoms with Gasteiger partial charge in [-0.2, -0.15) is 0 Å². The second kappa shape index (κ2) is 3.96. The highest BCUT2D eigenvalue weighted by atomic mass is 16.1. The van der Waals surface area contributed by atoms with Crippen molar-refractivity contribution in [3.63, 3.8) is 0 Å². The lowest BCUT2D eigenvalue weighted by atomic mass is 9.83. The highest BCUT2D eigenvalue weighted by Crippen LogP contribution is 2.26. The third-order valence-corrected chi connectivity index (χ3v) is 3.12. The fraction of sp³-hybridized carbons (Fsp3) is 0.333. The smallest absolute Gasteiger partial charge is 0.248 e. The van der Waals surface area contributed by atoms with E-state index in [1.807, 2.05) is 6.07 Å². The Hall–Kier alpha value is -1.84. The number of amides is 2. The molecule has 2 amide bonds. The Morgan fingerprint density at radius 2 is 1.94 bits per heavy atom. The molecule has 84 valence electrons. The van der Waals surface area contributed by atoms with Gasteiger partial charge in [0.2, 0.25) is 11.8 Å². The minimum atomic E-state index is -0.441. The van der Waals surface area contributed by atoms with Gasteiger partial charge in [-0.05, 0) is 42.5 Å². The molecule has 0 fully saturated rings. The van der Waals surface area contributed by atoms with E-state index in [0.29, 0.717) is 12.0 Å². The van der Waals surface area contributed by atoms with Gasteiger partial charge in [0.05, 0.1) is 0 Å². The largest absolute Gasteiger partial charge is 0.369 e. The topological polar surface area (TPSA) is 86.2 Å². The van der Waals surface area contributed by atoms with Crippen LogP contribution < -0.4 is 11.5 Å². The van der Waals surface area contributed by atoms with Crippen LogP contribution >= 0.6 is 0 Å². The summed E-state index contributed by atoms with van der Waals surface area (Å²) in [5.74, 6) is -0.824. The molecule has 1 aromatic rings. The van der Waals surface area contributed by atoms with E-state index in [4.69, 9.17) is 11.5 Å². The molecule has 0 aromatic heterocycles. The molecule has 16 heavy (non-hydrogen) atoms. The number of carbonyl (C=O) groups is 2. The predicted molar refractivity (Wildman–Crippen MR) is 59.7 cm³/mol. The molecule has 4 heteroatoms. The van der Waals surface area contributed by atoms with Gasteiger partial charge in [-0.15, -0.1) is 0 Å². The lowest BCUT2D eigenvalue weighted by Crippen LogP contribution is -2.28. The second-order valence-corrected chi connectivity index (χ2v) is 4.19. The molecule has 0 saturated carbocycles. The summed E-state index contributed by atoms with van der Waals surface area (Å²) >= 11 is 0. The highest BCUT2D eigenvalue weighted by Gasteiger charge is 2.23. The van der Waals surface area contributed by atoms with Gasteiger partial charge in [-0.1, -0.05) is 6.07 Å². The van der Waals surface area contributed by atoms with Gasteiger partial charge in [0.15, 0.2) is 0 Å². The Morgan fingerprint density at radius 1 is 1.19 bits per heavy atom. The summed E-state index contributed by atoms with van der Waals surface area (Å²) in [6.07, 6.45) is 2.24. The number of aryl methyl sites for hydroxylation is 1. The first-order valence-electron chi connectivity index (χ1n) is 5.29. The van der Waals surface area contributed by atoms with E-state index >= 15 is 0 Å². The maximum atomic E-state index is 11.1. The van der Waals surface area contributed by atoms with Gasteiger partial charge in [-0.25, -0.2) is 0 Å². The van der Waals surface area contributed by atoms with Crippen molar-refractivity contribution in [3.05, 3.63) is 34.9 Å². The van der Waals surface area contributed by atoms with Crippen molar-refractivity contribution >= 4 is 11.8 Å². The molecule has 1 unspecified atom stereocenters. The van der Waals surface area contributed by atoms with Gasteiger partial charge in [0.1, 0.15) is 0 Å². The second-order valence-electron chi connectivity index (χ2n) is 4.19. The zero-order valence-electron chi connectivity index (χ0n) is 8.90. The zero-order valence-corrected chi connectivity index (χ0v) is 8.90. The number of primary amides is 2. The molecule has 4 N–H and O–H groups in total. The van der Waals surface area contributed by atoms with E-state index in [9.17, 15) is 9.59 Å². The Balaban J connectivity index is 2.32. The molecule has 1 atom stereocenters. The predicted octanol–water partition coefficient (Wildman–Crippen LogP) is 0.376. The number of hydrogen-bond donors (Lipinski definition) is 2. The average Bonchev–Trinajstić information content (AvgIpc) is 2.27. The summed E-state index contributed by atoms with van der Waals surface area (Å²) < 4.78 is 0. The van der Waals surface area contributed by atoms with Crippen LogP contribution in [-0.2, 0) is 17.6 Å². The quantitative estimate of drug-likeness (QED) is 0.751. The van der Waals surface area contributed by atoms with Gasteiger partial charge < -0.3 is 11.5 Å². The van der Waals surface area contributed by atoms with Crippen molar-refractivity contribution in [1.82, 2.24) is 0 Å². The lowest BCUT2D eigenvalue weighted by Gasteiger charge is -2.22. The standard InChI is InChI=1S/C12H14N2O2/c13-11(15)8-3-1-7-2-4-9(12(14)16)6-10(7)5-8/h1,3,5,9H,2,4,6H2,(H2,13,15)(H2,14,16). The maximum Gasteiger partial charge on any atom is 0.248 e. The Bertz CT molecular complexity index is 454. The normalized spacial score (nSPS) is 18.9. The van der Waals surface area contributed by atoms with Crippen LogP contribution in [0.2, 0.25) is 0 Å². The monoisotopic (exact) mass is 218 g/mol. The maximum absolute atomic E-state index is 11.1. The van der Waals surface area contributed by atoms with Crippen molar-refractivity contribution in [2.24, 2.45) is 17.4 Å². The van der Waals surface area contributed by atoms with Crippen LogP contribution in [0.15, 0.2) is 18.2 Å². The molecule has 0 saturated heterocycles. The fourth-order valence-electron chi connectivity index (χ4n) is 2.15. The van der Waals surface area contributed by atoms with E-state index in [1.165, 1.54) is 5.56 Å². The first-order valence-corrected chi connectivity index (χ1v) is 5.29. The minimum Gasteiger partial charge on any atom is -0.369 e. The molecule has 4 nitrogen and oxygen atoms in total. The van der Waals surface area contributed by atoms with Gasteiger partial charge >= 0.3 is 0 Å². The van der Waals surface area contributed by atoms with Crippen LogP contribution in [0.25, 0.3) is 0 Å². The Labute approximate surface area is 93.6 Å². The molecule has 1 aliphatic carbocycles. The van der Waals surface area contributed by atoms with Crippen molar-refractivity contribution in [2.75, 3.05) is 0 Å². The Kier molecular flexibility index (Phi) is 2.64. The van der Waals surface area contributed by atoms with Crippen molar-refractivity contribution in [1.29, 1.82) is 0 Å². The van der Waals surface area contributed by atoms with Crippen LogP contribution in [0, 0.1) is 5.92 Å². The molecular formula is C12H14N2O2. The third-order valence-electron chi connectivity index (χ3n) is 3.12. The SMILES string of the molecule is NC(=O)c1ccc2c(c1)CC(C(N)=O)CC2. The van der Waals surface area contributed by atoms with Crippen LogP contribution in [0.3, 0.4) is 0 Å².